The van der Waals surface area contributed by atoms with Crippen molar-refractivity contribution in [1.82, 2.24) is 24.7 Å². The average molecular weight is 314 g/mol. The maximum Gasteiger partial charge on any atom is 0.339 e. The molecule has 2 aromatic rings. The summed E-state index contributed by atoms with van der Waals surface area (Å²) in [5.74, 6) is 0.731. The van der Waals surface area contributed by atoms with Crippen LogP contribution in [0.25, 0.3) is 0 Å². The van der Waals surface area contributed by atoms with E-state index in [1.807, 2.05) is 13.8 Å². The van der Waals surface area contributed by atoms with Crippen LogP contribution < -0.4 is 11.1 Å². The molecule has 0 aliphatic rings. The average Bonchev–Trinajstić information content (AvgIpc) is 2.35. The number of H-pyrrole nitrogens is 1. The fraction of sp³-hybridized carbons (Fsp3) is 0.364. The lowest BCUT2D eigenvalue weighted by atomic mass is 10.2. The van der Waals surface area contributed by atoms with Gasteiger partial charge in [-0.1, -0.05) is 25.4 Å². The second-order valence-electron chi connectivity index (χ2n) is 4.34. The quantitative estimate of drug-likeness (QED) is 0.675. The maximum atomic E-state index is 11.3. The van der Waals surface area contributed by atoms with Crippen molar-refractivity contribution in [2.75, 3.05) is 0 Å². The highest BCUT2D eigenvalue weighted by Gasteiger charge is 2.11. The number of nitrogens with zero attached hydrogens (tertiary/aromatic N) is 4. The summed E-state index contributed by atoms with van der Waals surface area (Å²) in [5, 5.41) is 3.57. The zero-order valence-corrected chi connectivity index (χ0v) is 12.6. The number of rotatable bonds is 3. The van der Waals surface area contributed by atoms with Gasteiger partial charge in [0.2, 0.25) is 0 Å². The molecule has 2 rings (SSSR count). The Hall–Kier alpha value is -1.67. The Morgan fingerprint density at radius 3 is 2.65 bits per heavy atom. The molecule has 7 nitrogen and oxygen atoms in total. The summed E-state index contributed by atoms with van der Waals surface area (Å²) in [4.78, 5) is 34.6. The van der Waals surface area contributed by atoms with Gasteiger partial charge in [-0.3, -0.25) is 19.4 Å². The van der Waals surface area contributed by atoms with E-state index in [2.05, 4.69) is 20.1 Å². The number of aromatic nitrogens is 5. The summed E-state index contributed by atoms with van der Waals surface area (Å²) in [5.41, 5.74) is -1.60. The zero-order valence-electron chi connectivity index (χ0n) is 11.0. The minimum atomic E-state index is -0.838. The van der Waals surface area contributed by atoms with Crippen molar-refractivity contribution in [1.29, 1.82) is 0 Å². The van der Waals surface area contributed by atoms with Crippen LogP contribution in [-0.4, -0.2) is 24.7 Å². The van der Waals surface area contributed by atoms with Gasteiger partial charge in [0.25, 0.3) is 0 Å². The van der Waals surface area contributed by atoms with E-state index in [-0.39, 0.29) is 5.92 Å². The molecular formula is C11H12ClN5O2S. The molecule has 0 atom stereocenters. The van der Waals surface area contributed by atoms with Gasteiger partial charge in [-0.25, -0.2) is 9.97 Å². The van der Waals surface area contributed by atoms with Crippen molar-refractivity contribution in [3.8, 4) is 0 Å². The Kier molecular flexibility index (Phi) is 4.24. The highest BCUT2D eigenvalue weighted by molar-refractivity contribution is 7.99. The molecule has 0 bridgehead atoms. The molecule has 0 aliphatic heterocycles. The molecule has 106 valence electrons. The van der Waals surface area contributed by atoms with Gasteiger partial charge in [-0.05, 0) is 11.8 Å². The van der Waals surface area contributed by atoms with Gasteiger partial charge in [0, 0.05) is 19.0 Å². The van der Waals surface area contributed by atoms with Crippen LogP contribution in [0.3, 0.4) is 0 Å². The van der Waals surface area contributed by atoms with E-state index in [0.717, 1.165) is 11.8 Å². The van der Waals surface area contributed by atoms with Crippen LogP contribution in [0.15, 0.2) is 25.8 Å². The van der Waals surface area contributed by atoms with E-state index >= 15 is 0 Å². The lowest BCUT2D eigenvalue weighted by Crippen LogP contribution is -2.33. The summed E-state index contributed by atoms with van der Waals surface area (Å²) >= 11 is 7.07. The van der Waals surface area contributed by atoms with Crippen LogP contribution >= 0.6 is 23.4 Å². The van der Waals surface area contributed by atoms with Crippen LogP contribution in [-0.2, 0) is 7.05 Å². The van der Waals surface area contributed by atoms with E-state index in [0.29, 0.717) is 21.2 Å². The molecule has 0 aliphatic carbocycles. The molecule has 20 heavy (non-hydrogen) atoms. The Balaban J connectivity index is 2.42. The van der Waals surface area contributed by atoms with Gasteiger partial charge in [0.1, 0.15) is 16.0 Å². The fourth-order valence-electron chi connectivity index (χ4n) is 1.37. The van der Waals surface area contributed by atoms with Gasteiger partial charge in [0.05, 0.1) is 0 Å². The molecule has 0 saturated carbocycles. The van der Waals surface area contributed by atoms with Crippen LogP contribution in [0.1, 0.15) is 25.6 Å². The van der Waals surface area contributed by atoms with Crippen molar-refractivity contribution in [2.45, 2.75) is 29.9 Å². The molecule has 0 radical (unpaired) electrons. The van der Waals surface area contributed by atoms with Crippen molar-refractivity contribution in [3.63, 3.8) is 0 Å². The monoisotopic (exact) mass is 313 g/mol. The molecule has 0 amide bonds. The Labute approximate surface area is 123 Å². The Morgan fingerprint density at radius 1 is 1.30 bits per heavy atom. The standard InChI is InChI=1S/C11H12ClN5O2S/c1-5(2)8-13-6(12)4-7(14-8)20-11-15-9(18)10(19)16-17(11)3/h4-5H,1-3H3,(H,16,19). The Morgan fingerprint density at radius 2 is 2.00 bits per heavy atom. The highest BCUT2D eigenvalue weighted by Crippen LogP contribution is 2.25. The molecule has 0 saturated heterocycles. The van der Waals surface area contributed by atoms with E-state index in [9.17, 15) is 9.59 Å². The van der Waals surface area contributed by atoms with Gasteiger partial charge < -0.3 is 0 Å². The smallest absolute Gasteiger partial charge is 0.265 e. The second kappa shape index (κ2) is 5.76. The first-order valence-corrected chi connectivity index (χ1v) is 6.96. The van der Waals surface area contributed by atoms with Gasteiger partial charge in [0.15, 0.2) is 5.16 Å². The molecule has 0 spiro atoms. The number of nitrogens with one attached hydrogen (secondary N) is 1. The first-order valence-electron chi connectivity index (χ1n) is 5.76. The first-order chi connectivity index (χ1) is 9.36. The maximum absolute atomic E-state index is 11.3. The molecule has 2 aromatic heterocycles. The van der Waals surface area contributed by atoms with E-state index < -0.39 is 11.1 Å². The summed E-state index contributed by atoms with van der Waals surface area (Å²) in [7, 11) is 1.59. The normalized spacial score (nSPS) is 11.1. The summed E-state index contributed by atoms with van der Waals surface area (Å²) in [6.07, 6.45) is 0. The molecular weight excluding hydrogens is 302 g/mol. The summed E-state index contributed by atoms with van der Waals surface area (Å²) in [6.45, 7) is 3.90. The van der Waals surface area contributed by atoms with Crippen LogP contribution in [0.4, 0.5) is 0 Å². The molecule has 0 fully saturated rings. The lowest BCUT2D eigenvalue weighted by Gasteiger charge is -2.08. The Bertz CT molecular complexity index is 755. The zero-order chi connectivity index (χ0) is 14.9. The third-order valence-electron chi connectivity index (χ3n) is 2.35. The first kappa shape index (κ1) is 14.7. The van der Waals surface area contributed by atoms with Gasteiger partial charge in [-0.15, -0.1) is 0 Å². The van der Waals surface area contributed by atoms with Crippen LogP contribution in [0.2, 0.25) is 5.15 Å². The topological polar surface area (TPSA) is 93.5 Å². The van der Waals surface area contributed by atoms with E-state index in [4.69, 9.17) is 11.6 Å². The van der Waals surface area contributed by atoms with Crippen molar-refractivity contribution in [3.05, 3.63) is 37.8 Å². The highest BCUT2D eigenvalue weighted by atomic mass is 35.5. The molecule has 1 N–H and O–H groups in total. The largest absolute Gasteiger partial charge is 0.339 e. The fourth-order valence-corrected chi connectivity index (χ4v) is 2.43. The number of hydrogen-bond acceptors (Lipinski definition) is 6. The number of aryl methyl sites for hydroxylation is 1. The molecule has 0 unspecified atom stereocenters. The van der Waals surface area contributed by atoms with Crippen molar-refractivity contribution < 1.29 is 0 Å². The summed E-state index contributed by atoms with van der Waals surface area (Å²) < 4.78 is 1.36. The molecule has 2 heterocycles. The minimum Gasteiger partial charge on any atom is -0.265 e. The van der Waals surface area contributed by atoms with Gasteiger partial charge >= 0.3 is 11.1 Å². The predicted molar refractivity (Wildman–Crippen MR) is 75.4 cm³/mol. The van der Waals surface area contributed by atoms with Gasteiger partial charge in [-0.2, -0.15) is 4.98 Å². The molecule has 0 aromatic carbocycles. The lowest BCUT2D eigenvalue weighted by molar-refractivity contribution is 0.595. The van der Waals surface area contributed by atoms with E-state index in [1.165, 1.54) is 4.68 Å². The van der Waals surface area contributed by atoms with Crippen LogP contribution in [0, 0.1) is 0 Å². The summed E-state index contributed by atoms with van der Waals surface area (Å²) in [6, 6.07) is 1.58. The SMILES string of the molecule is CC(C)c1nc(Cl)cc(Sc2nc(=O)c(=O)[nH]n2C)n1. The second-order valence-corrected chi connectivity index (χ2v) is 5.72. The third kappa shape index (κ3) is 3.26. The van der Waals surface area contributed by atoms with Crippen molar-refractivity contribution in [2.24, 2.45) is 7.05 Å². The number of halogens is 1. The molecule has 9 heteroatoms. The number of aromatic amines is 1. The van der Waals surface area contributed by atoms with Crippen LogP contribution in [0.5, 0.6) is 0 Å². The third-order valence-corrected chi connectivity index (χ3v) is 3.51. The number of hydrogen-bond donors (Lipinski definition) is 1. The van der Waals surface area contributed by atoms with E-state index in [1.54, 1.807) is 13.1 Å². The minimum absolute atomic E-state index is 0.125. The van der Waals surface area contributed by atoms with Crippen molar-refractivity contribution >= 4 is 23.4 Å². The predicted octanol–water partition coefficient (Wildman–Crippen LogP) is 1.19.